The molecule has 0 spiro atoms. The highest BCUT2D eigenvalue weighted by Crippen LogP contribution is 2.25. The molecule has 6 nitrogen and oxygen atoms in total. The van der Waals surface area contributed by atoms with E-state index in [1.807, 2.05) is 73.7 Å². The summed E-state index contributed by atoms with van der Waals surface area (Å²) in [6, 6.07) is 22.5. The number of hydrogen-bond acceptors (Lipinski definition) is 5. The zero-order chi connectivity index (χ0) is 20.7. The van der Waals surface area contributed by atoms with Gasteiger partial charge in [-0.15, -0.1) is 10.2 Å². The van der Waals surface area contributed by atoms with Crippen LogP contribution in [-0.2, 0) is 0 Å². The molecule has 7 heteroatoms. The maximum absolute atomic E-state index is 13.2. The summed E-state index contributed by atoms with van der Waals surface area (Å²) in [5, 5.41) is 8.87. The van der Waals surface area contributed by atoms with Crippen LogP contribution in [-0.4, -0.2) is 19.7 Å². The number of nitrogens with zero attached hydrogens (tertiary/aromatic N) is 4. The molecule has 2 heterocycles. The van der Waals surface area contributed by atoms with Gasteiger partial charge in [0.25, 0.3) is 5.56 Å². The molecule has 0 fully saturated rings. The lowest BCUT2D eigenvalue weighted by Gasteiger charge is -2.11. The molecule has 0 bridgehead atoms. The summed E-state index contributed by atoms with van der Waals surface area (Å²) < 4.78 is 8.28. The number of benzene rings is 3. The van der Waals surface area contributed by atoms with Crippen LogP contribution in [0.25, 0.3) is 39.5 Å². The van der Waals surface area contributed by atoms with Crippen molar-refractivity contribution < 1.29 is 4.42 Å². The number of rotatable bonds is 3. The highest BCUT2D eigenvalue weighted by Gasteiger charge is 2.14. The number of fused-ring (bicyclic) bond motifs is 1. The van der Waals surface area contributed by atoms with E-state index in [-0.39, 0.29) is 5.56 Å². The van der Waals surface area contributed by atoms with E-state index >= 15 is 0 Å². The Morgan fingerprint density at radius 2 is 1.60 bits per heavy atom. The van der Waals surface area contributed by atoms with Gasteiger partial charge in [0.05, 0.1) is 16.6 Å². The van der Waals surface area contributed by atoms with Crippen molar-refractivity contribution in [2.45, 2.75) is 6.92 Å². The van der Waals surface area contributed by atoms with Gasteiger partial charge < -0.3 is 4.42 Å². The van der Waals surface area contributed by atoms with Crippen molar-refractivity contribution in [3.05, 3.63) is 93.4 Å². The molecule has 0 N–H and O–H groups in total. The minimum Gasteiger partial charge on any atom is -0.416 e. The molecule has 2 aromatic heterocycles. The molecule has 30 heavy (non-hydrogen) atoms. The Hall–Kier alpha value is -3.58. The van der Waals surface area contributed by atoms with E-state index in [9.17, 15) is 4.79 Å². The third-order valence-electron chi connectivity index (χ3n) is 4.80. The van der Waals surface area contributed by atoms with Crippen LogP contribution in [0.4, 0.5) is 0 Å². The Morgan fingerprint density at radius 3 is 2.40 bits per heavy atom. The lowest BCUT2D eigenvalue weighted by atomic mass is 10.2. The Labute approximate surface area is 180 Å². The monoisotopic (exact) mass is 458 g/mol. The maximum Gasteiger partial charge on any atom is 0.265 e. The van der Waals surface area contributed by atoms with Crippen molar-refractivity contribution in [3.8, 4) is 28.6 Å². The second kappa shape index (κ2) is 7.35. The molecule has 0 aliphatic heterocycles. The number of hydrogen-bond donors (Lipinski definition) is 0. The summed E-state index contributed by atoms with van der Waals surface area (Å²) in [5.41, 5.74) is 2.79. The van der Waals surface area contributed by atoms with Crippen LogP contribution >= 0.6 is 15.9 Å². The summed E-state index contributed by atoms with van der Waals surface area (Å²) in [6.45, 7) is 1.82. The van der Waals surface area contributed by atoms with E-state index in [1.54, 1.807) is 10.6 Å². The van der Waals surface area contributed by atoms with E-state index in [1.165, 1.54) is 0 Å². The first kappa shape index (κ1) is 18.4. The Morgan fingerprint density at radius 1 is 0.867 bits per heavy atom. The van der Waals surface area contributed by atoms with Crippen LogP contribution in [0.15, 0.2) is 86.5 Å². The highest BCUT2D eigenvalue weighted by molar-refractivity contribution is 9.10. The molecule has 0 amide bonds. The minimum absolute atomic E-state index is 0.133. The number of aromatic nitrogens is 4. The van der Waals surface area contributed by atoms with Crippen LogP contribution in [0.1, 0.15) is 5.82 Å². The first-order valence-electron chi connectivity index (χ1n) is 9.29. The van der Waals surface area contributed by atoms with Crippen LogP contribution in [0.3, 0.4) is 0 Å². The molecule has 5 rings (SSSR count). The molecule has 3 aromatic carbocycles. The average Bonchev–Trinajstić information content (AvgIpc) is 3.26. The van der Waals surface area contributed by atoms with Crippen molar-refractivity contribution in [1.29, 1.82) is 0 Å². The summed E-state index contributed by atoms with van der Waals surface area (Å²) in [5.74, 6) is 1.43. The standard InChI is InChI=1S/C23H15BrN4O2/c1-14-25-20-11-10-17(24)13-19(20)23(29)28(14)18-9-5-8-16(12-18)22-27-26-21(30-22)15-6-3-2-4-7-15/h2-13H,1H3. The van der Waals surface area contributed by atoms with Crippen LogP contribution < -0.4 is 5.56 Å². The van der Waals surface area contributed by atoms with Gasteiger partial charge in [-0.05, 0) is 55.5 Å². The molecule has 0 radical (unpaired) electrons. The third-order valence-corrected chi connectivity index (χ3v) is 5.29. The largest absolute Gasteiger partial charge is 0.416 e. The van der Waals surface area contributed by atoms with Gasteiger partial charge in [-0.2, -0.15) is 0 Å². The zero-order valence-corrected chi connectivity index (χ0v) is 17.5. The Balaban J connectivity index is 1.61. The summed E-state index contributed by atoms with van der Waals surface area (Å²) >= 11 is 3.43. The van der Waals surface area contributed by atoms with E-state index in [0.29, 0.717) is 34.2 Å². The quantitative estimate of drug-likeness (QED) is 0.372. The maximum atomic E-state index is 13.2. The van der Waals surface area contributed by atoms with Gasteiger partial charge in [-0.25, -0.2) is 4.98 Å². The first-order valence-corrected chi connectivity index (χ1v) is 10.1. The summed E-state index contributed by atoms with van der Waals surface area (Å²) in [6.07, 6.45) is 0. The number of halogens is 1. The molecule has 0 unspecified atom stereocenters. The van der Waals surface area contributed by atoms with E-state index < -0.39 is 0 Å². The van der Waals surface area contributed by atoms with E-state index in [0.717, 1.165) is 15.6 Å². The molecule has 0 saturated heterocycles. The SMILES string of the molecule is Cc1nc2ccc(Br)cc2c(=O)n1-c1cccc(-c2nnc(-c3ccccc3)o2)c1. The topological polar surface area (TPSA) is 73.8 Å². The van der Waals surface area contributed by atoms with Crippen molar-refractivity contribution in [2.24, 2.45) is 0 Å². The molecular weight excluding hydrogens is 444 g/mol. The smallest absolute Gasteiger partial charge is 0.265 e. The van der Waals surface area contributed by atoms with Gasteiger partial charge in [-0.1, -0.05) is 40.2 Å². The molecule has 0 aliphatic carbocycles. The van der Waals surface area contributed by atoms with Crippen molar-refractivity contribution >= 4 is 26.8 Å². The van der Waals surface area contributed by atoms with E-state index in [4.69, 9.17) is 4.42 Å². The summed E-state index contributed by atoms with van der Waals surface area (Å²) in [4.78, 5) is 17.8. The number of aryl methyl sites for hydroxylation is 1. The van der Waals surface area contributed by atoms with Crippen molar-refractivity contribution in [3.63, 3.8) is 0 Å². The second-order valence-corrected chi connectivity index (χ2v) is 7.71. The minimum atomic E-state index is -0.133. The van der Waals surface area contributed by atoms with Crippen LogP contribution in [0.5, 0.6) is 0 Å². The zero-order valence-electron chi connectivity index (χ0n) is 15.9. The predicted octanol–water partition coefficient (Wildman–Crippen LogP) is 5.17. The van der Waals surface area contributed by atoms with Gasteiger partial charge in [0.15, 0.2) is 0 Å². The Kier molecular flexibility index (Phi) is 4.52. The average molecular weight is 459 g/mol. The third kappa shape index (κ3) is 3.23. The van der Waals surface area contributed by atoms with Crippen molar-refractivity contribution in [1.82, 2.24) is 19.7 Å². The normalized spacial score (nSPS) is 11.1. The van der Waals surface area contributed by atoms with Crippen LogP contribution in [0, 0.1) is 6.92 Å². The highest BCUT2D eigenvalue weighted by atomic mass is 79.9. The molecule has 5 aromatic rings. The molecular formula is C23H15BrN4O2. The Bertz CT molecular complexity index is 1440. The first-order chi connectivity index (χ1) is 14.6. The van der Waals surface area contributed by atoms with Gasteiger partial charge in [0, 0.05) is 15.6 Å². The van der Waals surface area contributed by atoms with Gasteiger partial charge in [0.2, 0.25) is 11.8 Å². The fourth-order valence-electron chi connectivity index (χ4n) is 3.39. The van der Waals surface area contributed by atoms with Gasteiger partial charge >= 0.3 is 0 Å². The van der Waals surface area contributed by atoms with Crippen molar-refractivity contribution in [2.75, 3.05) is 0 Å². The van der Waals surface area contributed by atoms with Gasteiger partial charge in [0.1, 0.15) is 5.82 Å². The summed E-state index contributed by atoms with van der Waals surface area (Å²) in [7, 11) is 0. The molecule has 146 valence electrons. The lowest BCUT2D eigenvalue weighted by Crippen LogP contribution is -2.22. The molecule has 0 atom stereocenters. The molecule has 0 saturated carbocycles. The fraction of sp³-hybridized carbons (Fsp3) is 0.0435. The van der Waals surface area contributed by atoms with E-state index in [2.05, 4.69) is 31.1 Å². The molecule has 0 aliphatic rings. The fourth-order valence-corrected chi connectivity index (χ4v) is 3.75. The lowest BCUT2D eigenvalue weighted by molar-refractivity contribution is 0.584. The van der Waals surface area contributed by atoms with Gasteiger partial charge in [-0.3, -0.25) is 9.36 Å². The predicted molar refractivity (Wildman–Crippen MR) is 119 cm³/mol. The van der Waals surface area contributed by atoms with Crippen LogP contribution in [0.2, 0.25) is 0 Å². The second-order valence-electron chi connectivity index (χ2n) is 6.79.